The van der Waals surface area contributed by atoms with E-state index in [4.69, 9.17) is 0 Å². The van der Waals surface area contributed by atoms with Crippen molar-refractivity contribution in [3.05, 3.63) is 52.2 Å². The zero-order valence-corrected chi connectivity index (χ0v) is 15.1. The van der Waals surface area contributed by atoms with Crippen molar-refractivity contribution in [3.63, 3.8) is 0 Å². The molecular weight excluding hydrogens is 314 g/mol. The third-order valence-electron chi connectivity index (χ3n) is 3.61. The van der Waals surface area contributed by atoms with E-state index in [1.54, 1.807) is 23.5 Å². The summed E-state index contributed by atoms with van der Waals surface area (Å²) in [4.78, 5) is 1.34. The lowest BCUT2D eigenvalue weighted by molar-refractivity contribution is 0.308. The van der Waals surface area contributed by atoms with Gasteiger partial charge in [-0.1, -0.05) is 45.9 Å². The summed E-state index contributed by atoms with van der Waals surface area (Å²) in [6.45, 7) is 8.18. The van der Waals surface area contributed by atoms with Gasteiger partial charge in [0.2, 0.25) is 10.0 Å². The molecule has 1 aromatic heterocycles. The van der Waals surface area contributed by atoms with Gasteiger partial charge >= 0.3 is 0 Å². The van der Waals surface area contributed by atoms with E-state index < -0.39 is 10.0 Å². The molecule has 0 fully saturated rings. The van der Waals surface area contributed by atoms with Crippen LogP contribution in [-0.2, 0) is 16.4 Å². The maximum atomic E-state index is 12.7. The van der Waals surface area contributed by atoms with Crippen LogP contribution in [0.15, 0.2) is 46.7 Å². The van der Waals surface area contributed by atoms with Gasteiger partial charge in [-0.05, 0) is 41.0 Å². The fourth-order valence-electron chi connectivity index (χ4n) is 2.24. The van der Waals surface area contributed by atoms with Crippen molar-refractivity contribution in [1.29, 1.82) is 0 Å². The molecule has 0 aliphatic rings. The first-order chi connectivity index (χ1) is 10.2. The molecule has 0 saturated carbocycles. The highest BCUT2D eigenvalue weighted by molar-refractivity contribution is 7.89. The van der Waals surface area contributed by atoms with Crippen LogP contribution in [0, 0.1) is 5.41 Å². The molecule has 0 aliphatic carbocycles. The Morgan fingerprint density at radius 1 is 1.14 bits per heavy atom. The minimum Gasteiger partial charge on any atom is -0.207 e. The number of rotatable bonds is 5. The van der Waals surface area contributed by atoms with Crippen LogP contribution >= 0.6 is 11.3 Å². The highest BCUT2D eigenvalue weighted by atomic mass is 32.2. The summed E-state index contributed by atoms with van der Waals surface area (Å²) in [6.07, 6.45) is 0.896. The SMILES string of the molecule is CCc1ccc(S(=O)(=O)N[C@@H](c2cccs2)C(C)(C)C)cc1. The average molecular weight is 338 g/mol. The molecule has 1 aromatic carbocycles. The lowest BCUT2D eigenvalue weighted by atomic mass is 9.86. The topological polar surface area (TPSA) is 46.2 Å². The molecule has 120 valence electrons. The van der Waals surface area contributed by atoms with E-state index in [-0.39, 0.29) is 11.5 Å². The number of hydrogen-bond acceptors (Lipinski definition) is 3. The van der Waals surface area contributed by atoms with E-state index in [2.05, 4.69) is 4.72 Å². The molecule has 5 heteroatoms. The van der Waals surface area contributed by atoms with Gasteiger partial charge in [0, 0.05) is 4.88 Å². The van der Waals surface area contributed by atoms with E-state index in [0.717, 1.165) is 16.9 Å². The Balaban J connectivity index is 2.32. The Hall–Kier alpha value is -1.17. The number of aryl methyl sites for hydroxylation is 1. The number of sulfonamides is 1. The van der Waals surface area contributed by atoms with Crippen molar-refractivity contribution in [2.24, 2.45) is 5.41 Å². The monoisotopic (exact) mass is 337 g/mol. The molecule has 0 aliphatic heterocycles. The van der Waals surface area contributed by atoms with E-state index in [0.29, 0.717) is 4.90 Å². The van der Waals surface area contributed by atoms with Crippen LogP contribution in [0.25, 0.3) is 0 Å². The summed E-state index contributed by atoms with van der Waals surface area (Å²) in [5, 5.41) is 1.97. The van der Waals surface area contributed by atoms with Crippen molar-refractivity contribution in [3.8, 4) is 0 Å². The van der Waals surface area contributed by atoms with Crippen LogP contribution in [0.1, 0.15) is 44.2 Å². The zero-order valence-electron chi connectivity index (χ0n) is 13.5. The molecule has 1 heterocycles. The Morgan fingerprint density at radius 3 is 2.23 bits per heavy atom. The molecule has 2 rings (SSSR count). The minimum absolute atomic E-state index is 0.207. The van der Waals surface area contributed by atoms with Gasteiger partial charge in [0.05, 0.1) is 10.9 Å². The van der Waals surface area contributed by atoms with Gasteiger partial charge in [0.1, 0.15) is 0 Å². The molecule has 0 radical (unpaired) electrons. The number of nitrogens with one attached hydrogen (secondary N) is 1. The van der Waals surface area contributed by atoms with Gasteiger partial charge in [-0.2, -0.15) is 0 Å². The first-order valence-electron chi connectivity index (χ1n) is 7.38. The van der Waals surface area contributed by atoms with Crippen LogP contribution in [0.5, 0.6) is 0 Å². The second-order valence-electron chi connectivity index (χ2n) is 6.43. The van der Waals surface area contributed by atoms with Crippen molar-refractivity contribution < 1.29 is 8.42 Å². The first-order valence-corrected chi connectivity index (χ1v) is 9.75. The molecule has 3 nitrogen and oxygen atoms in total. The lowest BCUT2D eigenvalue weighted by Crippen LogP contribution is -2.36. The van der Waals surface area contributed by atoms with Crippen LogP contribution < -0.4 is 4.72 Å². The number of benzene rings is 1. The summed E-state index contributed by atoms with van der Waals surface area (Å²) >= 11 is 1.57. The highest BCUT2D eigenvalue weighted by Crippen LogP contribution is 2.36. The molecular formula is C17H23NO2S2. The van der Waals surface area contributed by atoms with Crippen LogP contribution in [-0.4, -0.2) is 8.42 Å². The predicted octanol–water partition coefficient (Wildman–Crippen LogP) is 4.38. The molecule has 2 aromatic rings. The Labute approximate surface area is 137 Å². The molecule has 1 N–H and O–H groups in total. The third kappa shape index (κ3) is 3.97. The second-order valence-corrected chi connectivity index (χ2v) is 9.13. The van der Waals surface area contributed by atoms with E-state index >= 15 is 0 Å². The Kier molecular flexibility index (Phi) is 5.10. The van der Waals surface area contributed by atoms with E-state index in [1.807, 2.05) is 57.3 Å². The second kappa shape index (κ2) is 6.52. The fraction of sp³-hybridized carbons (Fsp3) is 0.412. The van der Waals surface area contributed by atoms with Gasteiger partial charge in [-0.3, -0.25) is 0 Å². The van der Waals surface area contributed by atoms with Gasteiger partial charge in [-0.15, -0.1) is 11.3 Å². The smallest absolute Gasteiger partial charge is 0.207 e. The van der Waals surface area contributed by atoms with Crippen LogP contribution in [0.3, 0.4) is 0 Å². The normalized spacial score (nSPS) is 14.0. The minimum atomic E-state index is -3.54. The number of hydrogen-bond donors (Lipinski definition) is 1. The van der Waals surface area contributed by atoms with Gasteiger partial charge in [0.25, 0.3) is 0 Å². The van der Waals surface area contributed by atoms with Gasteiger partial charge in [0.15, 0.2) is 0 Å². The molecule has 0 saturated heterocycles. The largest absolute Gasteiger partial charge is 0.241 e. The van der Waals surface area contributed by atoms with Crippen molar-refractivity contribution in [1.82, 2.24) is 4.72 Å². The van der Waals surface area contributed by atoms with E-state index in [9.17, 15) is 8.42 Å². The predicted molar refractivity (Wildman–Crippen MR) is 92.7 cm³/mol. The summed E-state index contributed by atoms with van der Waals surface area (Å²) < 4.78 is 28.2. The maximum Gasteiger partial charge on any atom is 0.241 e. The molecule has 0 bridgehead atoms. The van der Waals surface area contributed by atoms with Gasteiger partial charge < -0.3 is 0 Å². The fourth-order valence-corrected chi connectivity index (χ4v) is 4.76. The summed E-state index contributed by atoms with van der Waals surface area (Å²) in [7, 11) is -3.54. The highest BCUT2D eigenvalue weighted by Gasteiger charge is 2.31. The maximum absolute atomic E-state index is 12.7. The zero-order chi connectivity index (χ0) is 16.4. The Morgan fingerprint density at radius 2 is 1.77 bits per heavy atom. The van der Waals surface area contributed by atoms with Crippen LogP contribution in [0.4, 0.5) is 0 Å². The Bertz CT molecular complexity index is 696. The first kappa shape index (κ1) is 17.2. The lowest BCUT2D eigenvalue weighted by Gasteiger charge is -2.30. The number of thiophene rings is 1. The average Bonchev–Trinajstić information content (AvgIpc) is 2.97. The van der Waals surface area contributed by atoms with Crippen molar-refractivity contribution in [2.75, 3.05) is 0 Å². The van der Waals surface area contributed by atoms with E-state index in [1.165, 1.54) is 0 Å². The molecule has 0 amide bonds. The molecule has 0 unspecified atom stereocenters. The molecule has 0 spiro atoms. The summed E-state index contributed by atoms with van der Waals surface area (Å²) in [5.74, 6) is 0. The molecule has 22 heavy (non-hydrogen) atoms. The summed E-state index contributed by atoms with van der Waals surface area (Å²) in [6, 6.07) is 10.8. The quantitative estimate of drug-likeness (QED) is 0.880. The molecule has 1 atom stereocenters. The van der Waals surface area contributed by atoms with Gasteiger partial charge in [-0.25, -0.2) is 13.1 Å². The van der Waals surface area contributed by atoms with Crippen molar-refractivity contribution >= 4 is 21.4 Å². The summed E-state index contributed by atoms with van der Waals surface area (Å²) in [5.41, 5.74) is 0.922. The standard InChI is InChI=1S/C17H23NO2S2/c1-5-13-8-10-14(11-9-13)22(19,20)18-16(17(2,3)4)15-7-6-12-21-15/h6-12,16,18H,5H2,1-4H3/t16-/m0/s1. The van der Waals surface area contributed by atoms with Crippen molar-refractivity contribution in [2.45, 2.75) is 45.1 Å². The van der Waals surface area contributed by atoms with Crippen LogP contribution in [0.2, 0.25) is 0 Å². The third-order valence-corrected chi connectivity index (χ3v) is 5.98.